The van der Waals surface area contributed by atoms with Gasteiger partial charge in [-0.05, 0) is 24.3 Å². The van der Waals surface area contributed by atoms with Gasteiger partial charge in [0.05, 0.1) is 5.56 Å². The van der Waals surface area contributed by atoms with Gasteiger partial charge in [0, 0.05) is 39.1 Å². The van der Waals surface area contributed by atoms with E-state index in [-0.39, 0.29) is 24.0 Å². The van der Waals surface area contributed by atoms with Gasteiger partial charge in [0.1, 0.15) is 23.9 Å². The number of nitrogens with zero attached hydrogens (tertiary/aromatic N) is 4. The van der Waals surface area contributed by atoms with Gasteiger partial charge in [0.2, 0.25) is 0 Å². The molecule has 0 aliphatic rings. The van der Waals surface area contributed by atoms with Crippen LogP contribution >= 0.6 is 0 Å². The van der Waals surface area contributed by atoms with Crippen LogP contribution in [0.5, 0.6) is 6.01 Å². The molecule has 0 saturated carbocycles. The monoisotopic (exact) mass is 380 g/mol. The summed E-state index contributed by atoms with van der Waals surface area (Å²) in [5.74, 6) is -3.67. The smallest absolute Gasteiger partial charge is 0.318 e. The van der Waals surface area contributed by atoms with E-state index in [9.17, 15) is 13.2 Å². The Morgan fingerprint density at radius 1 is 1.37 bits per heavy atom. The summed E-state index contributed by atoms with van der Waals surface area (Å²) in [6, 6.07) is 5.04. The second-order valence-electron chi connectivity index (χ2n) is 5.86. The fourth-order valence-corrected chi connectivity index (χ4v) is 2.01. The van der Waals surface area contributed by atoms with E-state index >= 15 is 0 Å². The average Bonchev–Trinajstić information content (AvgIpc) is 2.62. The van der Waals surface area contributed by atoms with Crippen molar-refractivity contribution in [2.24, 2.45) is 5.11 Å². The van der Waals surface area contributed by atoms with Gasteiger partial charge in [-0.2, -0.15) is 10.1 Å². The van der Waals surface area contributed by atoms with Gasteiger partial charge >= 0.3 is 6.01 Å². The first kappa shape index (κ1) is 20.1. The van der Waals surface area contributed by atoms with Gasteiger partial charge in [0.15, 0.2) is 0 Å². The third kappa shape index (κ3) is 5.66. The highest BCUT2D eigenvalue weighted by Gasteiger charge is 2.28. The topological polar surface area (TPSA) is 86.5 Å². The molecule has 0 aliphatic carbocycles. The molecule has 0 atom stereocenters. The van der Waals surface area contributed by atoms with E-state index in [1.807, 2.05) is 14.1 Å². The third-order valence-corrected chi connectivity index (χ3v) is 3.41. The summed E-state index contributed by atoms with van der Waals surface area (Å²) in [6.45, 7) is 0.497. The maximum Gasteiger partial charge on any atom is 0.318 e. The molecule has 0 fully saturated rings. The van der Waals surface area contributed by atoms with Crippen LogP contribution in [-0.4, -0.2) is 30.7 Å². The Morgan fingerprint density at radius 3 is 2.74 bits per heavy atom. The largest absolute Gasteiger partial charge is 0.457 e. The average molecular weight is 380 g/mol. The third-order valence-electron chi connectivity index (χ3n) is 3.41. The van der Waals surface area contributed by atoms with Crippen LogP contribution in [0.15, 0.2) is 47.5 Å². The molecule has 7 nitrogen and oxygen atoms in total. The van der Waals surface area contributed by atoms with Crippen LogP contribution in [-0.2, 0) is 5.92 Å². The second kappa shape index (κ2) is 8.47. The van der Waals surface area contributed by atoms with Crippen molar-refractivity contribution in [3.8, 4) is 6.01 Å². The van der Waals surface area contributed by atoms with Crippen molar-refractivity contribution >= 4 is 11.5 Å². The second-order valence-corrected chi connectivity index (χ2v) is 5.86. The lowest BCUT2D eigenvalue weighted by molar-refractivity contribution is 0.0138. The Morgan fingerprint density at radius 2 is 2.11 bits per heavy atom. The molecule has 0 unspecified atom stereocenters. The molecule has 0 saturated heterocycles. The zero-order valence-electron chi connectivity index (χ0n) is 15.0. The Bertz CT molecular complexity index is 836. The summed E-state index contributed by atoms with van der Waals surface area (Å²) >= 11 is 0. The maximum absolute atomic E-state index is 13.5. The number of benzene rings is 1. The normalized spacial score (nSPS) is 11.9. The number of alkyl halides is 2. The van der Waals surface area contributed by atoms with Gasteiger partial charge in [0.25, 0.3) is 5.92 Å². The summed E-state index contributed by atoms with van der Waals surface area (Å²) < 4.78 is 45.7. The molecule has 0 radical (unpaired) electrons. The molecule has 1 aromatic heterocycles. The Labute approximate surface area is 154 Å². The Hall–Kier alpha value is -3.17. The van der Waals surface area contributed by atoms with Gasteiger partial charge in [-0.3, -0.25) is 0 Å². The van der Waals surface area contributed by atoms with Crippen LogP contribution in [0, 0.1) is 11.3 Å². The van der Waals surface area contributed by atoms with Crippen molar-refractivity contribution in [3.05, 3.63) is 53.7 Å². The van der Waals surface area contributed by atoms with Crippen molar-refractivity contribution in [3.63, 3.8) is 0 Å². The summed E-state index contributed by atoms with van der Waals surface area (Å²) in [6.07, 6.45) is 2.83. The minimum Gasteiger partial charge on any atom is -0.457 e. The van der Waals surface area contributed by atoms with Crippen LogP contribution in [0.1, 0.15) is 12.5 Å². The Balaban J connectivity index is 2.07. The standard InChI is InChI=1S/C17H19F3N6O/c1-17(19,20)13-8-11(4-5-14(13)18)23-9-12(25-21)10-27-16-22-7-6-15(24-16)26(2)3/h4-9,21,23H,10H2,1-3H3/b12-9-,25-21?. The molecule has 0 spiro atoms. The minimum atomic E-state index is -3.31. The van der Waals surface area contributed by atoms with Crippen LogP contribution in [0.3, 0.4) is 0 Å². The highest BCUT2D eigenvalue weighted by Crippen LogP contribution is 2.31. The lowest BCUT2D eigenvalue weighted by atomic mass is 10.1. The minimum absolute atomic E-state index is 0.102. The van der Waals surface area contributed by atoms with E-state index in [0.29, 0.717) is 12.7 Å². The van der Waals surface area contributed by atoms with Crippen LogP contribution < -0.4 is 15.0 Å². The van der Waals surface area contributed by atoms with Gasteiger partial charge in [-0.25, -0.2) is 23.7 Å². The highest BCUT2D eigenvalue weighted by atomic mass is 19.3. The van der Waals surface area contributed by atoms with Crippen molar-refractivity contribution < 1.29 is 17.9 Å². The van der Waals surface area contributed by atoms with Crippen LogP contribution in [0.25, 0.3) is 0 Å². The van der Waals surface area contributed by atoms with Gasteiger partial charge in [-0.15, -0.1) is 0 Å². The van der Waals surface area contributed by atoms with E-state index in [4.69, 9.17) is 10.3 Å². The predicted octanol–water partition coefficient (Wildman–Crippen LogP) is 4.16. The zero-order valence-corrected chi connectivity index (χ0v) is 15.0. The van der Waals surface area contributed by atoms with Crippen LogP contribution in [0.4, 0.5) is 24.7 Å². The van der Waals surface area contributed by atoms with Crippen molar-refractivity contribution in [1.82, 2.24) is 9.97 Å². The van der Waals surface area contributed by atoms with Crippen molar-refractivity contribution in [2.75, 3.05) is 30.9 Å². The fourth-order valence-electron chi connectivity index (χ4n) is 2.01. The SMILES string of the molecule is CN(C)c1ccnc(OC/C(=C/Nc2ccc(F)c(C(C)(F)F)c2)N=N)n1. The number of halogens is 3. The first-order valence-corrected chi connectivity index (χ1v) is 7.84. The number of hydrogen-bond acceptors (Lipinski definition) is 7. The molecular formula is C17H19F3N6O. The maximum atomic E-state index is 13.5. The van der Waals surface area contributed by atoms with E-state index < -0.39 is 17.3 Å². The molecule has 0 aliphatic heterocycles. The molecule has 2 N–H and O–H groups in total. The summed E-state index contributed by atoms with van der Waals surface area (Å²) in [5, 5.41) is 6.00. The number of aromatic nitrogens is 2. The molecule has 144 valence electrons. The van der Waals surface area contributed by atoms with E-state index in [1.165, 1.54) is 18.5 Å². The zero-order chi connectivity index (χ0) is 20.0. The van der Waals surface area contributed by atoms with E-state index in [2.05, 4.69) is 20.4 Å². The summed E-state index contributed by atoms with van der Waals surface area (Å²) in [5.41, 5.74) is 6.84. The lowest BCUT2D eigenvalue weighted by Gasteiger charge is -2.13. The van der Waals surface area contributed by atoms with E-state index in [0.717, 1.165) is 12.1 Å². The summed E-state index contributed by atoms with van der Waals surface area (Å²) in [4.78, 5) is 9.90. The lowest BCUT2D eigenvalue weighted by Crippen LogP contribution is -2.12. The quantitative estimate of drug-likeness (QED) is 0.672. The van der Waals surface area contributed by atoms with Gasteiger partial charge in [-0.1, -0.05) is 0 Å². The first-order chi connectivity index (χ1) is 12.7. The molecule has 27 heavy (non-hydrogen) atoms. The van der Waals surface area contributed by atoms with Crippen LogP contribution in [0.2, 0.25) is 0 Å². The molecule has 0 bridgehead atoms. The highest BCUT2D eigenvalue weighted by molar-refractivity contribution is 5.49. The molecule has 2 aromatic rings. The predicted molar refractivity (Wildman–Crippen MR) is 94.7 cm³/mol. The molecule has 2 rings (SSSR count). The number of anilines is 2. The molecule has 10 heteroatoms. The number of ether oxygens (including phenoxy) is 1. The van der Waals surface area contributed by atoms with Gasteiger partial charge < -0.3 is 15.0 Å². The first-order valence-electron chi connectivity index (χ1n) is 7.84. The molecule has 1 aromatic carbocycles. The molecule has 1 heterocycles. The number of hydrogen-bond donors (Lipinski definition) is 2. The van der Waals surface area contributed by atoms with E-state index in [1.54, 1.807) is 11.0 Å². The van der Waals surface area contributed by atoms with Crippen molar-refractivity contribution in [1.29, 1.82) is 5.53 Å². The Kier molecular flexibility index (Phi) is 6.32. The molecule has 0 amide bonds. The van der Waals surface area contributed by atoms with Crippen molar-refractivity contribution in [2.45, 2.75) is 12.8 Å². The number of nitrogens with one attached hydrogen (secondary N) is 2. The summed E-state index contributed by atoms with van der Waals surface area (Å²) in [7, 11) is 3.63. The number of rotatable bonds is 8. The molecular weight excluding hydrogens is 361 g/mol. The fraction of sp³-hybridized carbons (Fsp3) is 0.294.